The van der Waals surface area contributed by atoms with Crippen molar-refractivity contribution in [2.45, 2.75) is 26.5 Å². The Balaban J connectivity index is 2.13. The van der Waals surface area contributed by atoms with Crippen LogP contribution in [-0.2, 0) is 6.54 Å². The maximum absolute atomic E-state index is 9.02. The average Bonchev–Trinajstić information content (AvgIpc) is 2.46. The maximum Gasteiger partial charge on any atom is 0.218 e. The number of rotatable bonds is 5. The van der Waals surface area contributed by atoms with E-state index in [0.717, 1.165) is 5.56 Å². The molecule has 5 heteroatoms. The Hall–Kier alpha value is -2.61. The first-order valence-electron chi connectivity index (χ1n) is 6.40. The van der Waals surface area contributed by atoms with Crippen LogP contribution in [-0.4, -0.2) is 16.1 Å². The summed E-state index contributed by atoms with van der Waals surface area (Å²) < 4.78 is 5.65. The van der Waals surface area contributed by atoms with E-state index >= 15 is 0 Å². The van der Waals surface area contributed by atoms with Gasteiger partial charge in [-0.2, -0.15) is 5.26 Å². The minimum absolute atomic E-state index is 0.0631. The summed E-state index contributed by atoms with van der Waals surface area (Å²) in [5.74, 6) is 1.17. The van der Waals surface area contributed by atoms with Crippen molar-refractivity contribution in [3.8, 4) is 11.9 Å². The number of ether oxygens (including phenoxy) is 1. The molecule has 0 saturated carbocycles. The Kier molecular flexibility index (Phi) is 4.51. The van der Waals surface area contributed by atoms with Crippen molar-refractivity contribution in [2.24, 2.45) is 0 Å². The highest BCUT2D eigenvalue weighted by Crippen LogP contribution is 2.18. The zero-order valence-corrected chi connectivity index (χ0v) is 11.5. The van der Waals surface area contributed by atoms with Gasteiger partial charge in [-0.05, 0) is 32.0 Å². The number of hydrogen-bond donors (Lipinski definition) is 1. The summed E-state index contributed by atoms with van der Waals surface area (Å²) in [5.41, 5.74) is 1.44. The van der Waals surface area contributed by atoms with Crippen molar-refractivity contribution in [2.75, 3.05) is 5.32 Å². The summed E-state index contributed by atoms with van der Waals surface area (Å²) in [6.45, 7) is 4.42. The van der Waals surface area contributed by atoms with E-state index in [4.69, 9.17) is 10.00 Å². The lowest BCUT2D eigenvalue weighted by atomic mass is 10.2. The Labute approximate surface area is 118 Å². The molecule has 0 amide bonds. The summed E-state index contributed by atoms with van der Waals surface area (Å²) in [6.07, 6.45) is 3.41. The third-order valence-corrected chi connectivity index (χ3v) is 2.57. The highest BCUT2D eigenvalue weighted by Gasteiger charge is 2.08. The molecule has 0 unspecified atom stereocenters. The molecule has 0 radical (unpaired) electrons. The second kappa shape index (κ2) is 6.53. The van der Waals surface area contributed by atoms with E-state index in [1.165, 1.54) is 0 Å². The van der Waals surface area contributed by atoms with Gasteiger partial charge in [0.1, 0.15) is 11.9 Å². The molecular weight excluding hydrogens is 252 g/mol. The highest BCUT2D eigenvalue weighted by molar-refractivity contribution is 5.51. The van der Waals surface area contributed by atoms with Gasteiger partial charge in [-0.1, -0.05) is 6.07 Å². The van der Waals surface area contributed by atoms with E-state index in [9.17, 15) is 0 Å². The molecular formula is C15H16N4O. The van der Waals surface area contributed by atoms with Gasteiger partial charge in [0.05, 0.1) is 11.7 Å². The minimum atomic E-state index is 0.0631. The number of aromatic nitrogens is 2. The third kappa shape index (κ3) is 3.45. The van der Waals surface area contributed by atoms with Gasteiger partial charge in [0.15, 0.2) is 0 Å². The second-order valence-corrected chi connectivity index (χ2v) is 4.50. The van der Waals surface area contributed by atoms with Crippen molar-refractivity contribution < 1.29 is 4.74 Å². The predicted octanol–water partition coefficient (Wildman–Crippen LogP) is 2.75. The molecule has 0 bridgehead atoms. The molecule has 102 valence electrons. The molecule has 0 fully saturated rings. The quantitative estimate of drug-likeness (QED) is 0.902. The molecule has 0 aromatic carbocycles. The fourth-order valence-electron chi connectivity index (χ4n) is 1.70. The zero-order valence-electron chi connectivity index (χ0n) is 11.5. The average molecular weight is 268 g/mol. The van der Waals surface area contributed by atoms with Crippen molar-refractivity contribution in [1.82, 2.24) is 9.97 Å². The monoisotopic (exact) mass is 268 g/mol. The minimum Gasteiger partial charge on any atom is -0.475 e. The zero-order chi connectivity index (χ0) is 14.4. The summed E-state index contributed by atoms with van der Waals surface area (Å²) in [6, 6.07) is 9.36. The summed E-state index contributed by atoms with van der Waals surface area (Å²) >= 11 is 0. The largest absolute Gasteiger partial charge is 0.475 e. The molecule has 5 nitrogen and oxygen atoms in total. The lowest BCUT2D eigenvalue weighted by Crippen LogP contribution is -2.11. The Morgan fingerprint density at radius 1 is 1.25 bits per heavy atom. The van der Waals surface area contributed by atoms with E-state index in [2.05, 4.69) is 21.4 Å². The molecule has 0 spiro atoms. The predicted molar refractivity (Wildman–Crippen MR) is 76.3 cm³/mol. The van der Waals surface area contributed by atoms with Gasteiger partial charge in [0.2, 0.25) is 5.88 Å². The normalized spacial score (nSPS) is 10.1. The fourth-order valence-corrected chi connectivity index (χ4v) is 1.70. The van der Waals surface area contributed by atoms with Crippen LogP contribution in [0.1, 0.15) is 25.0 Å². The number of nitriles is 1. The first-order chi connectivity index (χ1) is 9.70. The van der Waals surface area contributed by atoms with Crippen LogP contribution >= 0.6 is 0 Å². The van der Waals surface area contributed by atoms with Crippen molar-refractivity contribution >= 4 is 5.82 Å². The topological polar surface area (TPSA) is 70.8 Å². The molecule has 20 heavy (non-hydrogen) atoms. The Bertz CT molecular complexity index is 619. The van der Waals surface area contributed by atoms with Crippen LogP contribution in [0.15, 0.2) is 36.7 Å². The molecule has 1 N–H and O–H groups in total. The van der Waals surface area contributed by atoms with Crippen LogP contribution in [0, 0.1) is 11.3 Å². The van der Waals surface area contributed by atoms with E-state index in [0.29, 0.717) is 23.8 Å². The molecule has 2 aromatic rings. The summed E-state index contributed by atoms with van der Waals surface area (Å²) in [7, 11) is 0. The second-order valence-electron chi connectivity index (χ2n) is 4.50. The van der Waals surface area contributed by atoms with Gasteiger partial charge in [-0.15, -0.1) is 0 Å². The number of anilines is 1. The Morgan fingerprint density at radius 3 is 2.75 bits per heavy atom. The van der Waals surface area contributed by atoms with Crippen LogP contribution in [0.5, 0.6) is 5.88 Å². The SMILES string of the molecule is CC(C)Oc1ncccc1CNc1ncccc1C#N. The molecule has 0 aliphatic heterocycles. The molecule has 0 aliphatic carbocycles. The first kappa shape index (κ1) is 13.8. The Morgan fingerprint density at radius 2 is 2.00 bits per heavy atom. The standard InChI is InChI=1S/C15H16N4O/c1-11(2)20-15-13(6-4-8-18-15)10-19-14-12(9-16)5-3-7-17-14/h3-8,11H,10H2,1-2H3,(H,17,19). The number of hydrogen-bond acceptors (Lipinski definition) is 5. The van der Waals surface area contributed by atoms with E-state index in [1.807, 2.05) is 26.0 Å². The molecule has 0 atom stereocenters. The van der Waals surface area contributed by atoms with Crippen LogP contribution in [0.2, 0.25) is 0 Å². The molecule has 0 saturated heterocycles. The lowest BCUT2D eigenvalue weighted by Gasteiger charge is -2.13. The number of nitrogens with one attached hydrogen (secondary N) is 1. The molecule has 2 rings (SSSR count). The van der Waals surface area contributed by atoms with Crippen molar-refractivity contribution in [3.63, 3.8) is 0 Å². The molecule has 0 aliphatic rings. The van der Waals surface area contributed by atoms with Gasteiger partial charge in [-0.3, -0.25) is 0 Å². The van der Waals surface area contributed by atoms with E-state index in [-0.39, 0.29) is 6.10 Å². The van der Waals surface area contributed by atoms with E-state index < -0.39 is 0 Å². The number of nitrogens with zero attached hydrogens (tertiary/aromatic N) is 3. The maximum atomic E-state index is 9.02. The van der Waals surface area contributed by atoms with Crippen molar-refractivity contribution in [3.05, 3.63) is 47.8 Å². The smallest absolute Gasteiger partial charge is 0.218 e. The van der Waals surface area contributed by atoms with Gasteiger partial charge < -0.3 is 10.1 Å². The van der Waals surface area contributed by atoms with Crippen molar-refractivity contribution in [1.29, 1.82) is 5.26 Å². The van der Waals surface area contributed by atoms with Gasteiger partial charge >= 0.3 is 0 Å². The summed E-state index contributed by atoms with van der Waals surface area (Å²) in [4.78, 5) is 8.39. The third-order valence-electron chi connectivity index (χ3n) is 2.57. The van der Waals surface area contributed by atoms with Crippen LogP contribution < -0.4 is 10.1 Å². The highest BCUT2D eigenvalue weighted by atomic mass is 16.5. The number of pyridine rings is 2. The lowest BCUT2D eigenvalue weighted by molar-refractivity contribution is 0.230. The van der Waals surface area contributed by atoms with Gasteiger partial charge in [0.25, 0.3) is 0 Å². The molecule has 2 aromatic heterocycles. The van der Waals surface area contributed by atoms with Crippen LogP contribution in [0.4, 0.5) is 5.82 Å². The van der Waals surface area contributed by atoms with Gasteiger partial charge in [-0.25, -0.2) is 9.97 Å². The van der Waals surface area contributed by atoms with E-state index in [1.54, 1.807) is 24.5 Å². The summed E-state index contributed by atoms with van der Waals surface area (Å²) in [5, 5.41) is 12.2. The first-order valence-corrected chi connectivity index (χ1v) is 6.40. The van der Waals surface area contributed by atoms with Gasteiger partial charge in [0, 0.05) is 24.5 Å². The molecule has 2 heterocycles. The van der Waals surface area contributed by atoms with Crippen LogP contribution in [0.25, 0.3) is 0 Å². The van der Waals surface area contributed by atoms with Crippen LogP contribution in [0.3, 0.4) is 0 Å². The fraction of sp³-hybridized carbons (Fsp3) is 0.267.